The summed E-state index contributed by atoms with van der Waals surface area (Å²) in [6.45, 7) is 6.38. The number of hydrogen-bond acceptors (Lipinski definition) is 4. The number of carbonyl (C=O) groups excluding carboxylic acids is 1. The predicted molar refractivity (Wildman–Crippen MR) is 122 cm³/mol. The summed E-state index contributed by atoms with van der Waals surface area (Å²) in [6, 6.07) is 19.0. The standard InChI is InChI=1S/C24H28N4OS/c1-17-9-7-14-21(15-17)28-23(20-12-5-4-6-13-20)25-26-24(28)30-16-22(29)27-18(2)10-8-11-19(27)3/h4-7,9,12-15,18-19H,8,10-11,16H2,1-3H3/t18-,19+. The molecular formula is C24H28N4OS. The van der Waals surface area contributed by atoms with Gasteiger partial charge in [-0.1, -0.05) is 54.2 Å². The van der Waals surface area contributed by atoms with Crippen molar-refractivity contribution in [2.75, 3.05) is 5.75 Å². The van der Waals surface area contributed by atoms with Crippen LogP contribution in [0.4, 0.5) is 0 Å². The fraction of sp³-hybridized carbons (Fsp3) is 0.375. The number of aryl methyl sites for hydroxylation is 1. The minimum Gasteiger partial charge on any atom is -0.337 e. The number of benzene rings is 2. The van der Waals surface area contributed by atoms with Crippen molar-refractivity contribution in [3.05, 3.63) is 60.2 Å². The molecule has 1 saturated heterocycles. The van der Waals surface area contributed by atoms with Crippen molar-refractivity contribution >= 4 is 17.7 Å². The SMILES string of the molecule is Cc1cccc(-n2c(SCC(=O)N3[C@H](C)CCC[C@@H]3C)nnc2-c2ccccc2)c1. The van der Waals surface area contributed by atoms with E-state index in [1.54, 1.807) is 0 Å². The molecule has 0 radical (unpaired) electrons. The number of rotatable bonds is 5. The molecule has 5 nitrogen and oxygen atoms in total. The second-order valence-electron chi connectivity index (χ2n) is 8.07. The minimum atomic E-state index is 0.180. The summed E-state index contributed by atoms with van der Waals surface area (Å²) >= 11 is 1.47. The van der Waals surface area contributed by atoms with E-state index in [2.05, 4.69) is 58.6 Å². The Balaban J connectivity index is 1.63. The van der Waals surface area contributed by atoms with E-state index in [0.29, 0.717) is 17.8 Å². The van der Waals surface area contributed by atoms with Gasteiger partial charge in [0.2, 0.25) is 5.91 Å². The molecule has 2 atom stereocenters. The third-order valence-electron chi connectivity index (χ3n) is 5.73. The predicted octanol–water partition coefficient (Wildman–Crippen LogP) is 5.12. The monoisotopic (exact) mass is 420 g/mol. The number of hydrogen-bond donors (Lipinski definition) is 0. The average Bonchev–Trinajstić information content (AvgIpc) is 3.17. The molecule has 6 heteroatoms. The molecule has 4 rings (SSSR count). The molecule has 2 heterocycles. The fourth-order valence-corrected chi connectivity index (χ4v) is 5.07. The molecule has 1 aromatic heterocycles. The zero-order chi connectivity index (χ0) is 21.1. The van der Waals surface area contributed by atoms with Crippen LogP contribution in [0.5, 0.6) is 0 Å². The highest BCUT2D eigenvalue weighted by molar-refractivity contribution is 7.99. The van der Waals surface area contributed by atoms with Crippen molar-refractivity contribution in [3.8, 4) is 17.1 Å². The Morgan fingerprint density at radius 1 is 1.03 bits per heavy atom. The van der Waals surface area contributed by atoms with E-state index < -0.39 is 0 Å². The van der Waals surface area contributed by atoms with Crippen LogP contribution < -0.4 is 0 Å². The minimum absolute atomic E-state index is 0.180. The van der Waals surface area contributed by atoms with Crippen molar-refractivity contribution in [1.29, 1.82) is 0 Å². The maximum Gasteiger partial charge on any atom is 0.233 e. The van der Waals surface area contributed by atoms with E-state index in [9.17, 15) is 4.79 Å². The number of carbonyl (C=O) groups is 1. The zero-order valence-corrected chi connectivity index (χ0v) is 18.6. The summed E-state index contributed by atoms with van der Waals surface area (Å²) in [6.07, 6.45) is 3.36. The van der Waals surface area contributed by atoms with Gasteiger partial charge < -0.3 is 4.90 Å². The summed E-state index contributed by atoms with van der Waals surface area (Å²) in [4.78, 5) is 15.1. The first-order valence-electron chi connectivity index (χ1n) is 10.6. The molecule has 0 bridgehead atoms. The molecule has 1 aliphatic rings. The summed E-state index contributed by atoms with van der Waals surface area (Å²) in [5, 5.41) is 9.68. The molecule has 30 heavy (non-hydrogen) atoms. The Bertz CT molecular complexity index is 1010. The number of nitrogens with zero attached hydrogens (tertiary/aromatic N) is 4. The second-order valence-corrected chi connectivity index (χ2v) is 9.01. The van der Waals surface area contributed by atoms with E-state index in [0.717, 1.165) is 35.1 Å². The molecule has 0 aliphatic carbocycles. The topological polar surface area (TPSA) is 51.0 Å². The summed E-state index contributed by atoms with van der Waals surface area (Å²) in [5.74, 6) is 1.34. The van der Waals surface area contributed by atoms with Crippen LogP contribution in [-0.4, -0.2) is 43.4 Å². The summed E-state index contributed by atoms with van der Waals surface area (Å²) in [7, 11) is 0. The van der Waals surface area contributed by atoms with Gasteiger partial charge in [0.05, 0.1) is 5.75 Å². The molecule has 0 unspecified atom stereocenters. The molecule has 1 fully saturated rings. The molecule has 3 aromatic rings. The van der Waals surface area contributed by atoms with Gasteiger partial charge >= 0.3 is 0 Å². The maximum absolute atomic E-state index is 13.0. The Morgan fingerprint density at radius 3 is 2.47 bits per heavy atom. The molecule has 0 N–H and O–H groups in total. The van der Waals surface area contributed by atoms with Gasteiger partial charge in [0.15, 0.2) is 11.0 Å². The van der Waals surface area contributed by atoms with Crippen molar-refractivity contribution in [1.82, 2.24) is 19.7 Å². The van der Waals surface area contributed by atoms with Crippen LogP contribution in [0, 0.1) is 6.92 Å². The van der Waals surface area contributed by atoms with Crippen LogP contribution in [-0.2, 0) is 4.79 Å². The van der Waals surface area contributed by atoms with E-state index in [-0.39, 0.29) is 5.91 Å². The van der Waals surface area contributed by atoms with Gasteiger partial charge in [-0.25, -0.2) is 0 Å². The average molecular weight is 421 g/mol. The van der Waals surface area contributed by atoms with Crippen LogP contribution in [0.2, 0.25) is 0 Å². The van der Waals surface area contributed by atoms with Crippen molar-refractivity contribution in [2.24, 2.45) is 0 Å². The lowest BCUT2D eigenvalue weighted by Crippen LogP contribution is -2.48. The lowest BCUT2D eigenvalue weighted by Gasteiger charge is -2.39. The zero-order valence-electron chi connectivity index (χ0n) is 17.8. The highest BCUT2D eigenvalue weighted by Gasteiger charge is 2.29. The molecule has 156 valence electrons. The Morgan fingerprint density at radius 2 is 1.77 bits per heavy atom. The van der Waals surface area contributed by atoms with Crippen LogP contribution in [0.15, 0.2) is 59.8 Å². The van der Waals surface area contributed by atoms with Gasteiger partial charge in [-0.2, -0.15) is 0 Å². The third kappa shape index (κ3) is 4.29. The van der Waals surface area contributed by atoms with Crippen molar-refractivity contribution in [3.63, 3.8) is 0 Å². The first kappa shape index (κ1) is 20.7. The lowest BCUT2D eigenvalue weighted by atomic mass is 9.98. The molecule has 0 spiro atoms. The molecule has 1 aliphatic heterocycles. The van der Waals surface area contributed by atoms with E-state index in [4.69, 9.17) is 0 Å². The summed E-state index contributed by atoms with van der Waals surface area (Å²) < 4.78 is 2.06. The normalized spacial score (nSPS) is 19.1. The highest BCUT2D eigenvalue weighted by atomic mass is 32.2. The van der Waals surface area contributed by atoms with Gasteiger partial charge in [-0.3, -0.25) is 9.36 Å². The van der Waals surface area contributed by atoms with Gasteiger partial charge in [-0.15, -0.1) is 10.2 Å². The number of aromatic nitrogens is 3. The molecule has 1 amide bonds. The van der Waals surface area contributed by atoms with Crippen molar-refractivity contribution in [2.45, 2.75) is 57.3 Å². The van der Waals surface area contributed by atoms with Crippen molar-refractivity contribution < 1.29 is 4.79 Å². The first-order valence-corrected chi connectivity index (χ1v) is 11.5. The van der Waals surface area contributed by atoms with Gasteiger partial charge in [0.25, 0.3) is 0 Å². The van der Waals surface area contributed by atoms with Crippen LogP contribution in [0.1, 0.15) is 38.7 Å². The van der Waals surface area contributed by atoms with Gasteiger partial charge in [0.1, 0.15) is 0 Å². The van der Waals surface area contributed by atoms with Gasteiger partial charge in [0, 0.05) is 23.3 Å². The largest absolute Gasteiger partial charge is 0.337 e. The first-order chi connectivity index (χ1) is 14.5. The quantitative estimate of drug-likeness (QED) is 0.537. The molecule has 2 aromatic carbocycles. The number of piperidine rings is 1. The van der Waals surface area contributed by atoms with Crippen LogP contribution in [0.25, 0.3) is 17.1 Å². The van der Waals surface area contributed by atoms with Crippen LogP contribution >= 0.6 is 11.8 Å². The maximum atomic E-state index is 13.0. The molecular weight excluding hydrogens is 392 g/mol. The Labute approximate surface area is 182 Å². The number of thioether (sulfide) groups is 1. The van der Waals surface area contributed by atoms with E-state index in [1.807, 2.05) is 36.4 Å². The fourth-order valence-electron chi connectivity index (χ4n) is 4.25. The van der Waals surface area contributed by atoms with Crippen LogP contribution in [0.3, 0.4) is 0 Å². The van der Waals surface area contributed by atoms with E-state index in [1.165, 1.54) is 23.7 Å². The number of likely N-dealkylation sites (tertiary alicyclic amines) is 1. The number of amides is 1. The molecule has 0 saturated carbocycles. The highest BCUT2D eigenvalue weighted by Crippen LogP contribution is 2.30. The smallest absolute Gasteiger partial charge is 0.233 e. The lowest BCUT2D eigenvalue weighted by molar-refractivity contribution is -0.134. The summed E-state index contributed by atoms with van der Waals surface area (Å²) in [5.41, 5.74) is 3.18. The second kappa shape index (κ2) is 9.04. The third-order valence-corrected chi connectivity index (χ3v) is 6.65. The van der Waals surface area contributed by atoms with Gasteiger partial charge in [-0.05, 0) is 57.7 Å². The van der Waals surface area contributed by atoms with E-state index >= 15 is 0 Å². The Hall–Kier alpha value is -2.60. The Kier molecular flexibility index (Phi) is 6.23.